The van der Waals surface area contributed by atoms with Crippen LogP contribution in [0.2, 0.25) is 0 Å². The van der Waals surface area contributed by atoms with E-state index in [0.29, 0.717) is 25.1 Å². The molecule has 0 saturated heterocycles. The second-order valence-corrected chi connectivity index (χ2v) is 3.86. The van der Waals surface area contributed by atoms with Crippen LogP contribution < -0.4 is 11.1 Å². The van der Waals surface area contributed by atoms with Gasteiger partial charge in [-0.3, -0.25) is 4.79 Å². The Balaban J connectivity index is 2.57. The minimum absolute atomic E-state index is 0.153. The highest BCUT2D eigenvalue weighted by molar-refractivity contribution is 5.92. The van der Waals surface area contributed by atoms with Crippen LogP contribution in [0.15, 0.2) is 18.2 Å². The van der Waals surface area contributed by atoms with Crippen molar-refractivity contribution in [2.24, 2.45) is 5.73 Å². The smallest absolute Gasteiger partial charge is 0.248 e. The third-order valence-electron chi connectivity index (χ3n) is 2.50. The summed E-state index contributed by atoms with van der Waals surface area (Å²) < 4.78 is 13.5. The van der Waals surface area contributed by atoms with E-state index < -0.39 is 17.8 Å². The Kier molecular flexibility index (Phi) is 5.06. The van der Waals surface area contributed by atoms with Crippen molar-refractivity contribution in [2.75, 3.05) is 6.54 Å². The average molecular weight is 240 g/mol. The maximum atomic E-state index is 13.5. The molecule has 0 bridgehead atoms. The number of aliphatic hydroxyl groups excluding tert-OH is 1. The summed E-state index contributed by atoms with van der Waals surface area (Å²) in [6.07, 6.45) is 0.221. The predicted molar refractivity (Wildman–Crippen MR) is 62.9 cm³/mol. The molecule has 1 unspecified atom stereocenters. The molecule has 17 heavy (non-hydrogen) atoms. The van der Waals surface area contributed by atoms with Crippen molar-refractivity contribution < 1.29 is 14.3 Å². The minimum atomic E-state index is -0.648. The lowest BCUT2D eigenvalue weighted by Crippen LogP contribution is -2.26. The predicted octanol–water partition coefficient (Wildman–Crippen LogP) is 0.785. The fourth-order valence-electron chi connectivity index (χ4n) is 1.36. The molecule has 5 heteroatoms. The van der Waals surface area contributed by atoms with Crippen LogP contribution in [0.5, 0.6) is 0 Å². The number of aliphatic hydroxyl groups is 1. The zero-order valence-corrected chi connectivity index (χ0v) is 9.74. The first-order chi connectivity index (χ1) is 8.04. The minimum Gasteiger partial charge on any atom is -0.392 e. The molecule has 0 saturated carbocycles. The van der Waals surface area contributed by atoms with Gasteiger partial charge in [0.15, 0.2) is 0 Å². The molecule has 94 valence electrons. The van der Waals surface area contributed by atoms with E-state index in [-0.39, 0.29) is 5.56 Å². The summed E-state index contributed by atoms with van der Waals surface area (Å²) in [6.45, 7) is 2.59. The number of primary amides is 1. The van der Waals surface area contributed by atoms with Crippen LogP contribution in [-0.2, 0) is 6.54 Å². The molecule has 1 aromatic carbocycles. The van der Waals surface area contributed by atoms with Gasteiger partial charge in [-0.25, -0.2) is 4.39 Å². The largest absolute Gasteiger partial charge is 0.392 e. The monoisotopic (exact) mass is 240 g/mol. The molecule has 0 aliphatic heterocycles. The van der Waals surface area contributed by atoms with Crippen LogP contribution >= 0.6 is 0 Å². The molecule has 1 aromatic rings. The van der Waals surface area contributed by atoms with Crippen molar-refractivity contribution in [3.05, 3.63) is 35.1 Å². The van der Waals surface area contributed by atoms with Crippen molar-refractivity contribution in [3.8, 4) is 0 Å². The summed E-state index contributed by atoms with van der Waals surface area (Å²) >= 11 is 0. The number of hydrogen-bond acceptors (Lipinski definition) is 3. The number of hydrogen-bond donors (Lipinski definition) is 3. The van der Waals surface area contributed by atoms with Crippen LogP contribution in [-0.4, -0.2) is 23.7 Å². The molecule has 0 aliphatic rings. The van der Waals surface area contributed by atoms with Gasteiger partial charge in [0.2, 0.25) is 5.91 Å². The Hall–Kier alpha value is -1.46. The molecule has 4 nitrogen and oxygen atoms in total. The number of halogens is 1. The Morgan fingerprint density at radius 3 is 2.82 bits per heavy atom. The zero-order valence-electron chi connectivity index (χ0n) is 9.74. The van der Waals surface area contributed by atoms with Gasteiger partial charge in [-0.2, -0.15) is 0 Å². The molecule has 1 amide bonds. The third kappa shape index (κ3) is 4.13. The summed E-state index contributed by atoms with van der Waals surface area (Å²) in [6, 6.07) is 4.12. The second-order valence-electron chi connectivity index (χ2n) is 3.86. The number of carbonyl (C=O) groups is 1. The van der Waals surface area contributed by atoms with E-state index in [0.717, 1.165) is 6.07 Å². The highest BCUT2D eigenvalue weighted by Crippen LogP contribution is 2.10. The molecular weight excluding hydrogens is 223 g/mol. The number of carbonyl (C=O) groups excluding carboxylic acids is 1. The van der Waals surface area contributed by atoms with Crippen LogP contribution in [0.1, 0.15) is 29.3 Å². The van der Waals surface area contributed by atoms with Gasteiger partial charge in [0.1, 0.15) is 5.82 Å². The number of rotatable bonds is 6. The second kappa shape index (κ2) is 6.32. The summed E-state index contributed by atoms with van der Waals surface area (Å²) in [5, 5.41) is 12.2. The van der Waals surface area contributed by atoms with E-state index in [4.69, 9.17) is 5.73 Å². The van der Waals surface area contributed by atoms with Gasteiger partial charge in [0.25, 0.3) is 0 Å². The Labute approximate surface area is 99.6 Å². The zero-order chi connectivity index (χ0) is 12.8. The summed E-state index contributed by atoms with van der Waals surface area (Å²) in [5.74, 6) is -1.12. The fraction of sp³-hybridized carbons (Fsp3) is 0.417. The summed E-state index contributed by atoms with van der Waals surface area (Å²) in [5.41, 5.74) is 5.63. The summed E-state index contributed by atoms with van der Waals surface area (Å²) in [7, 11) is 0. The van der Waals surface area contributed by atoms with Gasteiger partial charge in [0.05, 0.1) is 6.10 Å². The normalized spacial score (nSPS) is 12.4. The fourth-order valence-corrected chi connectivity index (χ4v) is 1.36. The molecule has 1 rings (SSSR count). The van der Waals surface area contributed by atoms with Crippen LogP contribution in [0.25, 0.3) is 0 Å². The van der Waals surface area contributed by atoms with E-state index in [1.165, 1.54) is 12.1 Å². The molecule has 0 heterocycles. The Morgan fingerprint density at radius 1 is 1.59 bits per heavy atom. The molecule has 0 aromatic heterocycles. The molecule has 0 aliphatic carbocycles. The van der Waals surface area contributed by atoms with Crippen molar-refractivity contribution in [3.63, 3.8) is 0 Å². The molecular formula is C12H17FN2O2. The first kappa shape index (κ1) is 13.6. The lowest BCUT2D eigenvalue weighted by atomic mass is 10.1. The van der Waals surface area contributed by atoms with Crippen LogP contribution in [0.3, 0.4) is 0 Å². The van der Waals surface area contributed by atoms with Crippen LogP contribution in [0.4, 0.5) is 4.39 Å². The molecule has 0 fully saturated rings. The van der Waals surface area contributed by atoms with Gasteiger partial charge >= 0.3 is 0 Å². The van der Waals surface area contributed by atoms with Gasteiger partial charge < -0.3 is 16.2 Å². The van der Waals surface area contributed by atoms with Crippen LogP contribution in [0, 0.1) is 5.82 Å². The highest BCUT2D eigenvalue weighted by atomic mass is 19.1. The van der Waals surface area contributed by atoms with Gasteiger partial charge in [-0.1, -0.05) is 13.0 Å². The van der Waals surface area contributed by atoms with Gasteiger partial charge in [0, 0.05) is 24.2 Å². The third-order valence-corrected chi connectivity index (χ3v) is 2.50. The lowest BCUT2D eigenvalue weighted by molar-refractivity contribution is 0.1000. The van der Waals surface area contributed by atoms with E-state index in [9.17, 15) is 14.3 Å². The van der Waals surface area contributed by atoms with Gasteiger partial charge in [-0.05, 0) is 18.6 Å². The van der Waals surface area contributed by atoms with E-state index >= 15 is 0 Å². The topological polar surface area (TPSA) is 75.3 Å². The Morgan fingerprint density at radius 2 is 2.29 bits per heavy atom. The van der Waals surface area contributed by atoms with Crippen molar-refractivity contribution in [2.45, 2.75) is 26.0 Å². The molecule has 4 N–H and O–H groups in total. The Bertz CT molecular complexity index is 396. The van der Waals surface area contributed by atoms with E-state index in [1.54, 1.807) is 0 Å². The van der Waals surface area contributed by atoms with Crippen molar-refractivity contribution >= 4 is 5.91 Å². The maximum Gasteiger partial charge on any atom is 0.248 e. The maximum absolute atomic E-state index is 13.5. The number of benzene rings is 1. The first-order valence-electron chi connectivity index (χ1n) is 5.51. The number of nitrogens with one attached hydrogen (secondary N) is 1. The molecule has 0 spiro atoms. The number of amides is 1. The standard InChI is InChI=1S/C12H17FN2O2/c1-2-10(16)7-15-6-9-4-3-8(12(14)17)5-11(9)13/h3-5,10,15-16H,2,6-7H2,1H3,(H2,14,17). The van der Waals surface area contributed by atoms with Crippen molar-refractivity contribution in [1.29, 1.82) is 0 Å². The number of nitrogens with two attached hydrogens (primary N) is 1. The van der Waals surface area contributed by atoms with E-state index in [2.05, 4.69) is 5.32 Å². The molecule has 0 radical (unpaired) electrons. The SMILES string of the molecule is CCC(O)CNCc1ccc(C(N)=O)cc1F. The first-order valence-corrected chi connectivity index (χ1v) is 5.51. The molecule has 1 atom stereocenters. The van der Waals surface area contributed by atoms with Crippen molar-refractivity contribution in [1.82, 2.24) is 5.32 Å². The lowest BCUT2D eigenvalue weighted by Gasteiger charge is -2.10. The average Bonchev–Trinajstić information content (AvgIpc) is 2.30. The quantitative estimate of drug-likeness (QED) is 0.688. The van der Waals surface area contributed by atoms with E-state index in [1.807, 2.05) is 6.92 Å². The van der Waals surface area contributed by atoms with Gasteiger partial charge in [-0.15, -0.1) is 0 Å². The highest BCUT2D eigenvalue weighted by Gasteiger charge is 2.07. The summed E-state index contributed by atoms with van der Waals surface area (Å²) in [4.78, 5) is 10.8.